The Labute approximate surface area is 95.8 Å². The van der Waals surface area contributed by atoms with Crippen molar-refractivity contribution in [3.05, 3.63) is 0 Å². The maximum Gasteiger partial charge on any atom is 0.242 e. The van der Waals surface area contributed by atoms with Gasteiger partial charge in [0.1, 0.15) is 0 Å². The third kappa shape index (κ3) is 3.48. The molecule has 5 heteroatoms. The highest BCUT2D eigenvalue weighted by Crippen LogP contribution is 2.12. The number of nitrogens with one attached hydrogen (secondary N) is 1. The SMILES string of the molecule is CC(C)(C)C(=O)NCC(=O)N1CCC(O)C1. The average Bonchev–Trinajstić information content (AvgIpc) is 2.59. The maximum atomic E-state index is 11.6. The van der Waals surface area contributed by atoms with Crippen molar-refractivity contribution in [2.45, 2.75) is 33.3 Å². The number of rotatable bonds is 2. The smallest absolute Gasteiger partial charge is 0.242 e. The zero-order chi connectivity index (χ0) is 12.3. The van der Waals surface area contributed by atoms with E-state index in [1.807, 2.05) is 0 Å². The number of nitrogens with zero attached hydrogens (tertiary/aromatic N) is 1. The van der Waals surface area contributed by atoms with Crippen LogP contribution in [-0.4, -0.2) is 47.6 Å². The van der Waals surface area contributed by atoms with Gasteiger partial charge in [-0.1, -0.05) is 20.8 Å². The maximum absolute atomic E-state index is 11.6. The van der Waals surface area contributed by atoms with E-state index in [0.717, 1.165) is 0 Å². The van der Waals surface area contributed by atoms with Gasteiger partial charge in [0, 0.05) is 18.5 Å². The van der Waals surface area contributed by atoms with Gasteiger partial charge >= 0.3 is 0 Å². The molecule has 2 N–H and O–H groups in total. The van der Waals surface area contributed by atoms with Gasteiger partial charge in [0.15, 0.2) is 0 Å². The van der Waals surface area contributed by atoms with Crippen molar-refractivity contribution in [1.82, 2.24) is 10.2 Å². The van der Waals surface area contributed by atoms with Gasteiger partial charge in [0.05, 0.1) is 12.6 Å². The summed E-state index contributed by atoms with van der Waals surface area (Å²) >= 11 is 0. The quantitative estimate of drug-likeness (QED) is 0.684. The number of amides is 2. The number of hydrogen-bond acceptors (Lipinski definition) is 3. The molecule has 0 aromatic heterocycles. The summed E-state index contributed by atoms with van der Waals surface area (Å²) in [6.45, 7) is 6.36. The molecule has 1 atom stereocenters. The summed E-state index contributed by atoms with van der Waals surface area (Å²) in [6, 6.07) is 0. The van der Waals surface area contributed by atoms with Crippen LogP contribution >= 0.6 is 0 Å². The Balaban J connectivity index is 2.33. The van der Waals surface area contributed by atoms with Crippen LogP contribution in [0.5, 0.6) is 0 Å². The fourth-order valence-electron chi connectivity index (χ4n) is 1.50. The molecule has 0 aromatic rings. The molecule has 5 nitrogen and oxygen atoms in total. The fourth-order valence-corrected chi connectivity index (χ4v) is 1.50. The Morgan fingerprint density at radius 3 is 2.50 bits per heavy atom. The van der Waals surface area contributed by atoms with E-state index in [1.54, 1.807) is 25.7 Å². The Hall–Kier alpha value is -1.10. The van der Waals surface area contributed by atoms with E-state index in [2.05, 4.69) is 5.32 Å². The van der Waals surface area contributed by atoms with Gasteiger partial charge < -0.3 is 15.3 Å². The van der Waals surface area contributed by atoms with Crippen LogP contribution in [0, 0.1) is 5.41 Å². The van der Waals surface area contributed by atoms with E-state index in [0.29, 0.717) is 19.5 Å². The third-order valence-corrected chi connectivity index (χ3v) is 2.60. The molecule has 1 unspecified atom stereocenters. The van der Waals surface area contributed by atoms with Gasteiger partial charge in [0.2, 0.25) is 11.8 Å². The number of carbonyl (C=O) groups excluding carboxylic acids is 2. The Kier molecular flexibility index (Phi) is 3.91. The summed E-state index contributed by atoms with van der Waals surface area (Å²) in [4.78, 5) is 24.7. The minimum atomic E-state index is -0.481. The molecule has 0 bridgehead atoms. The fraction of sp³-hybridized carbons (Fsp3) is 0.818. The van der Waals surface area contributed by atoms with E-state index in [-0.39, 0.29) is 18.4 Å². The molecule has 0 aromatic carbocycles. The van der Waals surface area contributed by atoms with Gasteiger partial charge in [-0.15, -0.1) is 0 Å². The standard InChI is InChI=1S/C11H20N2O3/c1-11(2,3)10(16)12-6-9(15)13-5-4-8(14)7-13/h8,14H,4-7H2,1-3H3,(H,12,16). The normalized spacial score (nSPS) is 21.0. The first-order valence-corrected chi connectivity index (χ1v) is 5.55. The van der Waals surface area contributed by atoms with Crippen molar-refractivity contribution < 1.29 is 14.7 Å². The number of hydrogen-bond donors (Lipinski definition) is 2. The Morgan fingerprint density at radius 1 is 1.44 bits per heavy atom. The van der Waals surface area contributed by atoms with Crippen LogP contribution in [-0.2, 0) is 9.59 Å². The van der Waals surface area contributed by atoms with E-state index in [4.69, 9.17) is 0 Å². The minimum Gasteiger partial charge on any atom is -0.391 e. The van der Waals surface area contributed by atoms with Gasteiger partial charge in [-0.05, 0) is 6.42 Å². The van der Waals surface area contributed by atoms with Crippen molar-refractivity contribution in [2.24, 2.45) is 5.41 Å². The predicted octanol–water partition coefficient (Wildman–Crippen LogP) is -0.258. The van der Waals surface area contributed by atoms with Crippen LogP contribution in [0.4, 0.5) is 0 Å². The molecule has 92 valence electrons. The van der Waals surface area contributed by atoms with Crippen molar-refractivity contribution in [3.8, 4) is 0 Å². The topological polar surface area (TPSA) is 69.6 Å². The van der Waals surface area contributed by atoms with Crippen molar-refractivity contribution >= 4 is 11.8 Å². The van der Waals surface area contributed by atoms with Crippen LogP contribution in [0.25, 0.3) is 0 Å². The van der Waals surface area contributed by atoms with Crippen LogP contribution in [0.3, 0.4) is 0 Å². The van der Waals surface area contributed by atoms with E-state index >= 15 is 0 Å². The lowest BCUT2D eigenvalue weighted by atomic mass is 9.96. The van der Waals surface area contributed by atoms with Gasteiger partial charge in [0.25, 0.3) is 0 Å². The lowest BCUT2D eigenvalue weighted by Gasteiger charge is -2.20. The molecule has 1 rings (SSSR count). The molecule has 1 fully saturated rings. The Bertz CT molecular complexity index is 283. The van der Waals surface area contributed by atoms with Crippen LogP contribution in [0.1, 0.15) is 27.2 Å². The van der Waals surface area contributed by atoms with Crippen molar-refractivity contribution in [2.75, 3.05) is 19.6 Å². The first kappa shape index (κ1) is 13.0. The van der Waals surface area contributed by atoms with Crippen molar-refractivity contribution in [1.29, 1.82) is 0 Å². The largest absolute Gasteiger partial charge is 0.391 e. The van der Waals surface area contributed by atoms with E-state index in [1.165, 1.54) is 0 Å². The second kappa shape index (κ2) is 4.82. The molecule has 1 aliphatic rings. The van der Waals surface area contributed by atoms with Gasteiger partial charge in [-0.25, -0.2) is 0 Å². The summed E-state index contributed by atoms with van der Waals surface area (Å²) in [5, 5.41) is 11.9. The first-order chi connectivity index (χ1) is 7.30. The summed E-state index contributed by atoms with van der Waals surface area (Å²) < 4.78 is 0. The third-order valence-electron chi connectivity index (χ3n) is 2.60. The van der Waals surface area contributed by atoms with Crippen LogP contribution < -0.4 is 5.32 Å². The summed E-state index contributed by atoms with van der Waals surface area (Å²) in [7, 11) is 0. The van der Waals surface area contributed by atoms with Gasteiger partial charge in [-0.2, -0.15) is 0 Å². The molecule has 2 amide bonds. The zero-order valence-electron chi connectivity index (χ0n) is 10.1. The molecule has 1 aliphatic heterocycles. The van der Waals surface area contributed by atoms with Crippen LogP contribution in [0.15, 0.2) is 0 Å². The molecule has 1 saturated heterocycles. The molecule has 0 spiro atoms. The molecule has 0 radical (unpaired) electrons. The number of β-amino-alcohol motifs (C(OH)–C–C–N with tert-alkyl or cyclic N) is 1. The Morgan fingerprint density at radius 2 is 2.06 bits per heavy atom. The van der Waals surface area contributed by atoms with Gasteiger partial charge in [-0.3, -0.25) is 9.59 Å². The predicted molar refractivity (Wildman–Crippen MR) is 59.7 cm³/mol. The average molecular weight is 228 g/mol. The van der Waals surface area contributed by atoms with Crippen molar-refractivity contribution in [3.63, 3.8) is 0 Å². The first-order valence-electron chi connectivity index (χ1n) is 5.55. The monoisotopic (exact) mass is 228 g/mol. The summed E-state index contributed by atoms with van der Waals surface area (Å²) in [6.07, 6.45) is 0.209. The number of aliphatic hydroxyl groups is 1. The second-order valence-corrected chi connectivity index (χ2v) is 5.21. The van der Waals surface area contributed by atoms with Crippen LogP contribution in [0.2, 0.25) is 0 Å². The molecule has 16 heavy (non-hydrogen) atoms. The lowest BCUT2D eigenvalue weighted by Crippen LogP contribution is -2.43. The van der Waals surface area contributed by atoms with E-state index < -0.39 is 11.5 Å². The highest BCUT2D eigenvalue weighted by atomic mass is 16.3. The molecule has 0 aliphatic carbocycles. The zero-order valence-corrected chi connectivity index (χ0v) is 10.1. The summed E-state index contributed by atoms with van der Waals surface area (Å²) in [5.41, 5.74) is -0.481. The number of likely N-dealkylation sites (tertiary alicyclic amines) is 1. The number of aliphatic hydroxyl groups excluding tert-OH is 1. The highest BCUT2D eigenvalue weighted by Gasteiger charge is 2.26. The molecular formula is C11H20N2O3. The van der Waals surface area contributed by atoms with E-state index in [9.17, 15) is 14.7 Å². The number of carbonyl (C=O) groups is 2. The molecular weight excluding hydrogens is 208 g/mol. The molecule has 1 heterocycles. The summed E-state index contributed by atoms with van der Waals surface area (Å²) in [5.74, 6) is -0.269. The second-order valence-electron chi connectivity index (χ2n) is 5.21. The minimum absolute atomic E-state index is 0.0167. The molecule has 0 saturated carbocycles. The lowest BCUT2D eigenvalue weighted by molar-refractivity contribution is -0.134. The highest BCUT2D eigenvalue weighted by molar-refractivity contribution is 5.87.